The molecule has 5 nitrogen and oxygen atoms in total. The van der Waals surface area contributed by atoms with E-state index < -0.39 is 5.97 Å². The second-order valence-electron chi connectivity index (χ2n) is 6.21. The normalized spacial score (nSPS) is 17.1. The fraction of sp³-hybridized carbons (Fsp3) is 0.300. The molecule has 1 N–H and O–H groups in total. The van der Waals surface area contributed by atoms with Crippen molar-refractivity contribution in [3.63, 3.8) is 0 Å². The lowest BCUT2D eigenvalue weighted by atomic mass is 9.90. The molecule has 0 spiro atoms. The van der Waals surface area contributed by atoms with Crippen molar-refractivity contribution >= 4 is 11.9 Å². The van der Waals surface area contributed by atoms with Crippen LogP contribution in [0.1, 0.15) is 34.7 Å². The molecule has 0 aliphatic carbocycles. The molecule has 1 fully saturated rings. The van der Waals surface area contributed by atoms with E-state index in [1.54, 1.807) is 12.1 Å². The van der Waals surface area contributed by atoms with E-state index in [1.807, 2.05) is 47.4 Å². The number of carboxylic acid groups (broad SMARTS) is 1. The molecule has 1 saturated heterocycles. The average molecular weight is 339 g/mol. The molecule has 0 bridgehead atoms. The quantitative estimate of drug-likeness (QED) is 0.908. The van der Waals surface area contributed by atoms with Crippen molar-refractivity contribution in [2.75, 3.05) is 19.7 Å². The highest BCUT2D eigenvalue weighted by Gasteiger charge is 2.25. The third kappa shape index (κ3) is 4.38. The Morgan fingerprint density at radius 3 is 2.48 bits per heavy atom. The summed E-state index contributed by atoms with van der Waals surface area (Å²) < 4.78 is 5.55. The standard InChI is InChI=1S/C20H21NO4/c22-19(14-25-18-6-2-1-3-7-18)21-12-4-5-17(13-21)15-8-10-16(11-9-15)20(23)24/h1-3,6-11,17H,4-5,12-14H2,(H,23,24). The first kappa shape index (κ1) is 17.0. The van der Waals surface area contributed by atoms with Gasteiger partial charge in [0.2, 0.25) is 0 Å². The van der Waals surface area contributed by atoms with Gasteiger partial charge in [0.1, 0.15) is 5.75 Å². The highest BCUT2D eigenvalue weighted by atomic mass is 16.5. The molecule has 1 aliphatic heterocycles. The summed E-state index contributed by atoms with van der Waals surface area (Å²) in [5.74, 6) is -0.0216. The van der Waals surface area contributed by atoms with Crippen LogP contribution < -0.4 is 4.74 Å². The summed E-state index contributed by atoms with van der Waals surface area (Å²) in [6.07, 6.45) is 1.93. The van der Waals surface area contributed by atoms with Crippen LogP contribution in [0.15, 0.2) is 54.6 Å². The monoisotopic (exact) mass is 339 g/mol. The number of hydrogen-bond acceptors (Lipinski definition) is 3. The van der Waals surface area contributed by atoms with E-state index in [0.717, 1.165) is 24.9 Å². The third-order valence-electron chi connectivity index (χ3n) is 4.51. The van der Waals surface area contributed by atoms with Gasteiger partial charge in [-0.05, 0) is 42.7 Å². The van der Waals surface area contributed by atoms with Crippen LogP contribution in [-0.2, 0) is 4.79 Å². The molecule has 1 unspecified atom stereocenters. The summed E-state index contributed by atoms with van der Waals surface area (Å²) >= 11 is 0. The zero-order valence-corrected chi connectivity index (χ0v) is 13.9. The first-order chi connectivity index (χ1) is 12.1. The van der Waals surface area contributed by atoms with Gasteiger partial charge >= 0.3 is 5.97 Å². The van der Waals surface area contributed by atoms with E-state index in [1.165, 1.54) is 0 Å². The molecule has 3 rings (SSSR count). The summed E-state index contributed by atoms with van der Waals surface area (Å²) in [5.41, 5.74) is 1.36. The number of piperidine rings is 1. The number of carboxylic acids is 1. The SMILES string of the molecule is O=C(O)c1ccc(C2CCCN(C(=O)COc3ccccc3)C2)cc1. The van der Waals surface area contributed by atoms with Crippen LogP contribution in [-0.4, -0.2) is 41.6 Å². The number of carbonyl (C=O) groups excluding carboxylic acids is 1. The summed E-state index contributed by atoms with van der Waals surface area (Å²) in [6, 6.07) is 16.3. The topological polar surface area (TPSA) is 66.8 Å². The van der Waals surface area contributed by atoms with Gasteiger partial charge in [0.05, 0.1) is 5.56 Å². The number of amides is 1. The van der Waals surface area contributed by atoms with Gasteiger partial charge in [-0.25, -0.2) is 4.79 Å². The number of benzene rings is 2. The number of aromatic carboxylic acids is 1. The zero-order valence-electron chi connectivity index (χ0n) is 13.9. The van der Waals surface area contributed by atoms with Crippen LogP contribution in [0.3, 0.4) is 0 Å². The molecule has 1 heterocycles. The van der Waals surface area contributed by atoms with E-state index in [4.69, 9.17) is 9.84 Å². The minimum absolute atomic E-state index is 0.0179. The van der Waals surface area contributed by atoms with Crippen LogP contribution in [0.25, 0.3) is 0 Å². The maximum absolute atomic E-state index is 12.4. The predicted octanol–water partition coefficient (Wildman–Crippen LogP) is 3.17. The Morgan fingerprint density at radius 2 is 1.80 bits per heavy atom. The lowest BCUT2D eigenvalue weighted by Gasteiger charge is -2.33. The van der Waals surface area contributed by atoms with Gasteiger partial charge in [0.25, 0.3) is 5.91 Å². The van der Waals surface area contributed by atoms with Crippen molar-refractivity contribution in [3.05, 3.63) is 65.7 Å². The lowest BCUT2D eigenvalue weighted by Crippen LogP contribution is -2.41. The minimum atomic E-state index is -0.926. The number of nitrogens with zero attached hydrogens (tertiary/aromatic N) is 1. The lowest BCUT2D eigenvalue weighted by molar-refractivity contribution is -0.134. The van der Waals surface area contributed by atoms with Crippen LogP contribution in [0.2, 0.25) is 0 Å². The smallest absolute Gasteiger partial charge is 0.335 e. The molecule has 0 radical (unpaired) electrons. The summed E-state index contributed by atoms with van der Waals surface area (Å²) in [4.78, 5) is 25.2. The van der Waals surface area contributed by atoms with E-state index in [-0.39, 0.29) is 24.0 Å². The zero-order chi connectivity index (χ0) is 17.6. The van der Waals surface area contributed by atoms with Crippen LogP contribution in [0.4, 0.5) is 0 Å². The van der Waals surface area contributed by atoms with Crippen molar-refractivity contribution < 1.29 is 19.4 Å². The van der Waals surface area contributed by atoms with Crippen LogP contribution in [0, 0.1) is 0 Å². The highest BCUT2D eigenvalue weighted by molar-refractivity contribution is 5.87. The number of carbonyl (C=O) groups is 2. The molecule has 0 aromatic heterocycles. The summed E-state index contributed by atoms with van der Waals surface area (Å²) in [5, 5.41) is 8.99. The third-order valence-corrected chi connectivity index (χ3v) is 4.51. The molecule has 1 aliphatic rings. The Hall–Kier alpha value is -2.82. The predicted molar refractivity (Wildman–Crippen MR) is 93.9 cm³/mol. The van der Waals surface area contributed by atoms with Gasteiger partial charge in [-0.2, -0.15) is 0 Å². The summed E-state index contributed by atoms with van der Waals surface area (Å²) in [6.45, 7) is 1.42. The Kier molecular flexibility index (Phi) is 5.33. The fourth-order valence-corrected chi connectivity index (χ4v) is 3.13. The number of ether oxygens (including phenoxy) is 1. The molecular weight excluding hydrogens is 318 g/mol. The van der Waals surface area contributed by atoms with Gasteiger partial charge in [0.15, 0.2) is 6.61 Å². The molecule has 130 valence electrons. The molecule has 25 heavy (non-hydrogen) atoms. The van der Waals surface area contributed by atoms with Crippen LogP contribution in [0.5, 0.6) is 5.75 Å². The Bertz CT molecular complexity index is 727. The van der Waals surface area contributed by atoms with Gasteiger partial charge in [-0.3, -0.25) is 4.79 Å². The highest BCUT2D eigenvalue weighted by Crippen LogP contribution is 2.27. The molecule has 2 aromatic carbocycles. The minimum Gasteiger partial charge on any atom is -0.484 e. The number of para-hydroxylation sites is 1. The van der Waals surface area contributed by atoms with Crippen molar-refractivity contribution in [3.8, 4) is 5.75 Å². The van der Waals surface area contributed by atoms with Gasteiger partial charge in [-0.1, -0.05) is 30.3 Å². The second kappa shape index (κ2) is 7.83. The van der Waals surface area contributed by atoms with Crippen molar-refractivity contribution in [1.82, 2.24) is 4.90 Å². The van der Waals surface area contributed by atoms with Crippen LogP contribution >= 0.6 is 0 Å². The van der Waals surface area contributed by atoms with E-state index in [9.17, 15) is 9.59 Å². The van der Waals surface area contributed by atoms with E-state index in [2.05, 4.69) is 0 Å². The molecule has 2 aromatic rings. The van der Waals surface area contributed by atoms with Gasteiger partial charge in [-0.15, -0.1) is 0 Å². The van der Waals surface area contributed by atoms with Crippen molar-refractivity contribution in [2.24, 2.45) is 0 Å². The number of rotatable bonds is 5. The first-order valence-corrected chi connectivity index (χ1v) is 8.42. The van der Waals surface area contributed by atoms with Gasteiger partial charge in [0, 0.05) is 19.0 Å². The summed E-state index contributed by atoms with van der Waals surface area (Å²) in [7, 11) is 0. The first-order valence-electron chi connectivity index (χ1n) is 8.42. The van der Waals surface area contributed by atoms with Crippen molar-refractivity contribution in [2.45, 2.75) is 18.8 Å². The molecule has 0 saturated carbocycles. The Labute approximate surface area is 146 Å². The average Bonchev–Trinajstić information content (AvgIpc) is 2.67. The number of hydrogen-bond donors (Lipinski definition) is 1. The molecule has 5 heteroatoms. The molecule has 1 amide bonds. The van der Waals surface area contributed by atoms with E-state index >= 15 is 0 Å². The maximum atomic E-state index is 12.4. The van der Waals surface area contributed by atoms with Crippen molar-refractivity contribution in [1.29, 1.82) is 0 Å². The number of likely N-dealkylation sites (tertiary alicyclic amines) is 1. The Morgan fingerprint density at radius 1 is 1.08 bits per heavy atom. The largest absolute Gasteiger partial charge is 0.484 e. The second-order valence-corrected chi connectivity index (χ2v) is 6.21. The van der Waals surface area contributed by atoms with Gasteiger partial charge < -0.3 is 14.7 Å². The molecular formula is C20H21NO4. The molecule has 1 atom stereocenters. The van der Waals surface area contributed by atoms with E-state index in [0.29, 0.717) is 12.3 Å². The Balaban J connectivity index is 1.58. The fourth-order valence-electron chi connectivity index (χ4n) is 3.13. The maximum Gasteiger partial charge on any atom is 0.335 e.